The Labute approximate surface area is 206 Å². The second-order valence-electron chi connectivity index (χ2n) is 8.12. The van der Waals surface area contributed by atoms with E-state index in [0.29, 0.717) is 21.8 Å². The van der Waals surface area contributed by atoms with Crippen LogP contribution >= 0.6 is 11.8 Å². The summed E-state index contributed by atoms with van der Waals surface area (Å²) in [6.45, 7) is 3.86. The molecule has 1 aliphatic rings. The van der Waals surface area contributed by atoms with Gasteiger partial charge < -0.3 is 10.1 Å². The third kappa shape index (κ3) is 6.16. The van der Waals surface area contributed by atoms with E-state index < -0.39 is 5.91 Å². The number of ether oxygens (including phenoxy) is 1. The molecule has 1 aliphatic heterocycles. The largest absolute Gasteiger partial charge is 0.484 e. The molecule has 35 heavy (non-hydrogen) atoms. The molecule has 0 aliphatic carbocycles. The van der Waals surface area contributed by atoms with Crippen molar-refractivity contribution < 1.29 is 23.5 Å². The lowest BCUT2D eigenvalue weighted by atomic mass is 10.1. The third-order valence-corrected chi connectivity index (χ3v) is 6.24. The fourth-order valence-corrected chi connectivity index (χ4v) is 4.35. The zero-order valence-electron chi connectivity index (χ0n) is 19.2. The van der Waals surface area contributed by atoms with Crippen LogP contribution in [0.1, 0.15) is 22.3 Å². The summed E-state index contributed by atoms with van der Waals surface area (Å²) in [6, 6.07) is 18.3. The zero-order valence-corrected chi connectivity index (χ0v) is 20.0. The molecular weight excluding hydrogens is 467 g/mol. The van der Waals surface area contributed by atoms with Crippen molar-refractivity contribution in [1.29, 1.82) is 0 Å². The SMILES string of the molecule is Cc1ccc(NC(=O)COc2ccc(/C=C3\SC(=O)N(Cc4ccc(F)cc4)C3=O)cc2)c(C)c1. The predicted octanol–water partition coefficient (Wildman–Crippen LogP) is 5.70. The minimum Gasteiger partial charge on any atom is -0.484 e. The van der Waals surface area contributed by atoms with Crippen molar-refractivity contribution in [3.05, 3.63) is 99.7 Å². The topological polar surface area (TPSA) is 75.7 Å². The van der Waals surface area contributed by atoms with Crippen LogP contribution in [0.4, 0.5) is 14.9 Å². The van der Waals surface area contributed by atoms with Crippen molar-refractivity contribution >= 4 is 40.6 Å². The van der Waals surface area contributed by atoms with Gasteiger partial charge in [-0.15, -0.1) is 0 Å². The Morgan fingerprint density at radius 1 is 1.03 bits per heavy atom. The maximum Gasteiger partial charge on any atom is 0.293 e. The van der Waals surface area contributed by atoms with Gasteiger partial charge in [0.15, 0.2) is 6.61 Å². The normalized spacial score (nSPS) is 14.5. The summed E-state index contributed by atoms with van der Waals surface area (Å²) in [5, 5.41) is 2.46. The summed E-state index contributed by atoms with van der Waals surface area (Å²) < 4.78 is 18.7. The van der Waals surface area contributed by atoms with Gasteiger partial charge in [0.2, 0.25) is 0 Å². The van der Waals surface area contributed by atoms with Crippen LogP contribution in [-0.4, -0.2) is 28.6 Å². The molecule has 0 radical (unpaired) electrons. The third-order valence-electron chi connectivity index (χ3n) is 5.33. The van der Waals surface area contributed by atoms with E-state index in [1.807, 2.05) is 32.0 Å². The number of aryl methyl sites for hydroxylation is 2. The lowest BCUT2D eigenvalue weighted by Gasteiger charge is -2.12. The molecule has 6 nitrogen and oxygen atoms in total. The number of amides is 3. The number of benzene rings is 3. The first-order valence-electron chi connectivity index (χ1n) is 10.9. The summed E-state index contributed by atoms with van der Waals surface area (Å²) >= 11 is 0.861. The van der Waals surface area contributed by atoms with E-state index in [4.69, 9.17) is 4.74 Å². The Balaban J connectivity index is 1.34. The number of thioether (sulfide) groups is 1. The molecule has 1 fully saturated rings. The van der Waals surface area contributed by atoms with E-state index >= 15 is 0 Å². The lowest BCUT2D eigenvalue weighted by Crippen LogP contribution is -2.27. The lowest BCUT2D eigenvalue weighted by molar-refractivity contribution is -0.123. The summed E-state index contributed by atoms with van der Waals surface area (Å²) in [7, 11) is 0. The van der Waals surface area contributed by atoms with E-state index in [-0.39, 0.29) is 30.1 Å². The Morgan fingerprint density at radius 3 is 2.43 bits per heavy atom. The first-order valence-corrected chi connectivity index (χ1v) is 11.7. The van der Waals surface area contributed by atoms with Crippen molar-refractivity contribution in [3.63, 3.8) is 0 Å². The number of nitrogens with one attached hydrogen (secondary N) is 1. The van der Waals surface area contributed by atoms with Gasteiger partial charge in [0.05, 0.1) is 11.4 Å². The molecule has 0 spiro atoms. The summed E-state index contributed by atoms with van der Waals surface area (Å²) in [5.74, 6) is -0.539. The van der Waals surface area contributed by atoms with Crippen LogP contribution < -0.4 is 10.1 Å². The van der Waals surface area contributed by atoms with Gasteiger partial charge >= 0.3 is 0 Å². The molecule has 1 heterocycles. The maximum absolute atomic E-state index is 13.1. The van der Waals surface area contributed by atoms with Crippen molar-refractivity contribution in [2.24, 2.45) is 0 Å². The van der Waals surface area contributed by atoms with Crippen LogP contribution in [0, 0.1) is 19.7 Å². The van der Waals surface area contributed by atoms with Gasteiger partial charge in [-0.3, -0.25) is 19.3 Å². The molecule has 0 unspecified atom stereocenters. The quantitative estimate of drug-likeness (QED) is 0.430. The highest BCUT2D eigenvalue weighted by atomic mass is 32.2. The average molecular weight is 491 g/mol. The fraction of sp³-hybridized carbons (Fsp3) is 0.148. The van der Waals surface area contributed by atoms with Gasteiger partial charge in [0.25, 0.3) is 17.1 Å². The van der Waals surface area contributed by atoms with E-state index in [1.165, 1.54) is 12.1 Å². The highest BCUT2D eigenvalue weighted by Gasteiger charge is 2.34. The smallest absolute Gasteiger partial charge is 0.293 e. The highest BCUT2D eigenvalue weighted by Crippen LogP contribution is 2.33. The number of imide groups is 1. The number of rotatable bonds is 7. The number of nitrogens with zero attached hydrogens (tertiary/aromatic N) is 1. The molecule has 0 aromatic heterocycles. The van der Waals surface area contributed by atoms with Crippen LogP contribution in [0.5, 0.6) is 5.75 Å². The van der Waals surface area contributed by atoms with E-state index in [9.17, 15) is 18.8 Å². The summed E-state index contributed by atoms with van der Waals surface area (Å²) in [5.41, 5.74) is 4.22. The van der Waals surface area contributed by atoms with Crippen molar-refractivity contribution in [3.8, 4) is 5.75 Å². The molecule has 1 saturated heterocycles. The molecule has 1 N–H and O–H groups in total. The van der Waals surface area contributed by atoms with Crippen LogP contribution in [0.25, 0.3) is 6.08 Å². The van der Waals surface area contributed by atoms with E-state index in [1.54, 1.807) is 42.5 Å². The number of carbonyl (C=O) groups excluding carboxylic acids is 3. The fourth-order valence-electron chi connectivity index (χ4n) is 3.51. The van der Waals surface area contributed by atoms with Gasteiger partial charge in [-0.2, -0.15) is 0 Å². The highest BCUT2D eigenvalue weighted by molar-refractivity contribution is 8.18. The molecule has 0 atom stereocenters. The van der Waals surface area contributed by atoms with Crippen LogP contribution in [-0.2, 0) is 16.1 Å². The zero-order chi connectivity index (χ0) is 24.9. The Hall–Kier alpha value is -3.91. The minimum atomic E-state index is -0.396. The number of anilines is 1. The molecule has 3 aromatic rings. The number of hydrogen-bond donors (Lipinski definition) is 1. The molecule has 178 valence electrons. The second kappa shape index (κ2) is 10.6. The van der Waals surface area contributed by atoms with Crippen LogP contribution in [0.3, 0.4) is 0 Å². The molecule has 3 aromatic carbocycles. The Bertz CT molecular complexity index is 1300. The molecule has 0 saturated carbocycles. The first kappa shape index (κ1) is 24.2. The summed E-state index contributed by atoms with van der Waals surface area (Å²) in [6.07, 6.45) is 1.63. The van der Waals surface area contributed by atoms with Crippen molar-refractivity contribution in [1.82, 2.24) is 4.90 Å². The number of carbonyl (C=O) groups is 3. The number of hydrogen-bond acceptors (Lipinski definition) is 5. The number of halogens is 1. The van der Waals surface area contributed by atoms with E-state index in [0.717, 1.165) is 33.5 Å². The van der Waals surface area contributed by atoms with Crippen molar-refractivity contribution in [2.45, 2.75) is 20.4 Å². The van der Waals surface area contributed by atoms with Gasteiger partial charge in [0.1, 0.15) is 11.6 Å². The molecular formula is C27H23FN2O4S. The second-order valence-corrected chi connectivity index (χ2v) is 9.11. The van der Waals surface area contributed by atoms with E-state index in [2.05, 4.69) is 5.32 Å². The Morgan fingerprint density at radius 2 is 1.74 bits per heavy atom. The minimum absolute atomic E-state index is 0.0826. The summed E-state index contributed by atoms with van der Waals surface area (Å²) in [4.78, 5) is 38.7. The molecule has 8 heteroatoms. The standard InChI is InChI=1S/C27H23FN2O4S/c1-17-3-12-23(18(2)13-17)29-25(31)16-34-22-10-6-19(7-11-22)14-24-26(32)30(27(33)35-24)15-20-4-8-21(28)9-5-20/h3-14H,15-16H2,1-2H3,(H,29,31)/b24-14-. The molecule has 0 bridgehead atoms. The monoisotopic (exact) mass is 490 g/mol. The van der Waals surface area contributed by atoms with Gasteiger partial charge in [0, 0.05) is 5.69 Å². The predicted molar refractivity (Wildman–Crippen MR) is 134 cm³/mol. The average Bonchev–Trinajstić information content (AvgIpc) is 3.09. The van der Waals surface area contributed by atoms with Gasteiger partial charge in [-0.25, -0.2) is 4.39 Å². The van der Waals surface area contributed by atoms with Gasteiger partial charge in [-0.05, 0) is 78.7 Å². The Kier molecular flexibility index (Phi) is 7.31. The molecule has 4 rings (SSSR count). The molecule has 3 amide bonds. The van der Waals surface area contributed by atoms with Crippen LogP contribution in [0.15, 0.2) is 71.6 Å². The van der Waals surface area contributed by atoms with Crippen LogP contribution in [0.2, 0.25) is 0 Å². The maximum atomic E-state index is 13.1. The first-order chi connectivity index (χ1) is 16.8. The van der Waals surface area contributed by atoms with Gasteiger partial charge in [-0.1, -0.05) is 42.0 Å². The van der Waals surface area contributed by atoms with Crippen molar-refractivity contribution in [2.75, 3.05) is 11.9 Å².